The Kier molecular flexibility index (Phi) is 6.26. The lowest BCUT2D eigenvalue weighted by Crippen LogP contribution is -2.41. The number of aryl methyl sites for hydroxylation is 2. The van der Waals surface area contributed by atoms with Crippen molar-refractivity contribution < 1.29 is 23.9 Å². The molecule has 4 aromatic rings. The molecule has 0 aromatic heterocycles. The predicted octanol–water partition coefficient (Wildman–Crippen LogP) is 6.31. The van der Waals surface area contributed by atoms with Crippen LogP contribution in [0, 0.1) is 31.6 Å². The van der Waals surface area contributed by atoms with E-state index < -0.39 is 23.7 Å². The number of amides is 3. The summed E-state index contributed by atoms with van der Waals surface area (Å²) in [5, 5.41) is 0.554. The lowest BCUT2D eigenvalue weighted by atomic mass is 9.55. The maximum absolute atomic E-state index is 14.1. The molecule has 5 aliphatic rings. The van der Waals surface area contributed by atoms with Gasteiger partial charge in [0, 0.05) is 35.5 Å². The molecule has 2 bridgehead atoms. The summed E-state index contributed by atoms with van der Waals surface area (Å²) in [5.74, 6) is -2.74. The SMILES string of the molecule is Cc1ccc(N2C[C@@H](C(=O)Oc3ccc(N4C(=O)[C@@H]5C6c7ccccc7C(c7ccccc76)[C@@H]5C4=O)c(C)c3)CC2=O)cc1Cl. The topological polar surface area (TPSA) is 84.0 Å². The minimum Gasteiger partial charge on any atom is -0.426 e. The first kappa shape index (κ1) is 27.8. The second-order valence-corrected chi connectivity index (χ2v) is 12.9. The summed E-state index contributed by atoms with van der Waals surface area (Å²) in [7, 11) is 0. The molecule has 0 saturated carbocycles. The van der Waals surface area contributed by atoms with Gasteiger partial charge in [0.05, 0.1) is 23.4 Å². The van der Waals surface area contributed by atoms with E-state index in [1.165, 1.54) is 4.90 Å². The largest absolute Gasteiger partial charge is 0.426 e. The summed E-state index contributed by atoms with van der Waals surface area (Å²) in [6, 6.07) is 26.7. The zero-order valence-corrected chi connectivity index (χ0v) is 25.5. The van der Waals surface area contributed by atoms with E-state index in [1.54, 1.807) is 36.1 Å². The first-order chi connectivity index (χ1) is 21.7. The van der Waals surface area contributed by atoms with Crippen molar-refractivity contribution in [2.24, 2.45) is 17.8 Å². The fourth-order valence-corrected chi connectivity index (χ4v) is 8.10. The molecule has 8 heteroatoms. The molecule has 0 unspecified atom stereocenters. The van der Waals surface area contributed by atoms with Gasteiger partial charge in [0.15, 0.2) is 0 Å². The van der Waals surface area contributed by atoms with Gasteiger partial charge in [-0.05, 0) is 77.6 Å². The van der Waals surface area contributed by atoms with Crippen molar-refractivity contribution in [3.63, 3.8) is 0 Å². The third kappa shape index (κ3) is 4.10. The average molecular weight is 617 g/mol. The summed E-state index contributed by atoms with van der Waals surface area (Å²) >= 11 is 6.26. The van der Waals surface area contributed by atoms with Crippen LogP contribution in [0.5, 0.6) is 5.75 Å². The highest BCUT2D eigenvalue weighted by Gasteiger charge is 2.61. The molecule has 3 atom stereocenters. The Labute approximate surface area is 265 Å². The number of anilines is 2. The van der Waals surface area contributed by atoms with Crippen LogP contribution in [0.4, 0.5) is 11.4 Å². The van der Waals surface area contributed by atoms with E-state index in [0.29, 0.717) is 27.7 Å². The third-order valence-corrected chi connectivity index (χ3v) is 10.4. The van der Waals surface area contributed by atoms with E-state index in [-0.39, 0.29) is 42.5 Å². The molecule has 0 spiro atoms. The van der Waals surface area contributed by atoms with Crippen LogP contribution >= 0.6 is 11.6 Å². The van der Waals surface area contributed by atoms with Crippen LogP contribution in [-0.2, 0) is 19.2 Å². The molecule has 3 amide bonds. The van der Waals surface area contributed by atoms with Crippen molar-refractivity contribution >= 4 is 46.7 Å². The number of carbonyl (C=O) groups is 4. The van der Waals surface area contributed by atoms with Gasteiger partial charge >= 0.3 is 5.97 Å². The van der Waals surface area contributed by atoms with Crippen LogP contribution in [0.3, 0.4) is 0 Å². The second-order valence-electron chi connectivity index (χ2n) is 12.5. The van der Waals surface area contributed by atoms with E-state index in [2.05, 4.69) is 24.3 Å². The monoisotopic (exact) mass is 616 g/mol. The molecule has 2 saturated heterocycles. The molecular weight excluding hydrogens is 588 g/mol. The van der Waals surface area contributed by atoms with Crippen LogP contribution in [0.25, 0.3) is 0 Å². The first-order valence-electron chi connectivity index (χ1n) is 15.2. The molecule has 9 rings (SSSR count). The maximum Gasteiger partial charge on any atom is 0.316 e. The summed E-state index contributed by atoms with van der Waals surface area (Å²) in [5.41, 5.74) is 7.17. The Morgan fingerprint density at radius 1 is 0.756 bits per heavy atom. The molecular formula is C37H29ClN2O5. The van der Waals surface area contributed by atoms with Gasteiger partial charge in [-0.25, -0.2) is 4.90 Å². The van der Waals surface area contributed by atoms with Gasteiger partial charge in [-0.1, -0.05) is 66.2 Å². The number of rotatable bonds is 4. The van der Waals surface area contributed by atoms with Crippen LogP contribution in [0.1, 0.15) is 51.6 Å². The van der Waals surface area contributed by atoms with Gasteiger partial charge in [-0.2, -0.15) is 0 Å². The number of nitrogens with zero attached hydrogens (tertiary/aromatic N) is 2. The minimum atomic E-state index is -0.638. The van der Waals surface area contributed by atoms with Crippen molar-refractivity contribution in [1.82, 2.24) is 0 Å². The number of carbonyl (C=O) groups excluding carboxylic acids is 4. The maximum atomic E-state index is 14.1. The predicted molar refractivity (Wildman–Crippen MR) is 170 cm³/mol. The highest BCUT2D eigenvalue weighted by molar-refractivity contribution is 6.31. The lowest BCUT2D eigenvalue weighted by molar-refractivity contribution is -0.139. The molecule has 224 valence electrons. The van der Waals surface area contributed by atoms with Crippen LogP contribution in [0.15, 0.2) is 84.9 Å². The van der Waals surface area contributed by atoms with Gasteiger partial charge in [0.1, 0.15) is 5.75 Å². The van der Waals surface area contributed by atoms with Crippen LogP contribution in [0.2, 0.25) is 5.02 Å². The Balaban J connectivity index is 1.04. The number of hydrogen-bond donors (Lipinski definition) is 0. The molecule has 7 nitrogen and oxygen atoms in total. The number of imide groups is 1. The fraction of sp³-hybridized carbons (Fsp3) is 0.243. The van der Waals surface area contributed by atoms with E-state index in [9.17, 15) is 19.2 Å². The molecule has 45 heavy (non-hydrogen) atoms. The molecule has 2 fully saturated rings. The normalized spacial score (nSPS) is 24.5. The van der Waals surface area contributed by atoms with E-state index in [0.717, 1.165) is 27.8 Å². The molecule has 2 aliphatic heterocycles. The van der Waals surface area contributed by atoms with Crippen molar-refractivity contribution in [3.05, 3.63) is 123 Å². The summed E-state index contributed by atoms with van der Waals surface area (Å²) in [4.78, 5) is 57.1. The fourth-order valence-electron chi connectivity index (χ4n) is 7.92. The zero-order chi connectivity index (χ0) is 31.1. The summed E-state index contributed by atoms with van der Waals surface area (Å²) in [6.07, 6.45) is 0.0358. The Morgan fingerprint density at radius 3 is 1.87 bits per heavy atom. The summed E-state index contributed by atoms with van der Waals surface area (Å²) < 4.78 is 5.72. The number of ether oxygens (including phenoxy) is 1. The van der Waals surface area contributed by atoms with Gasteiger partial charge in [0.2, 0.25) is 17.7 Å². The Morgan fingerprint density at radius 2 is 1.33 bits per heavy atom. The van der Waals surface area contributed by atoms with E-state index >= 15 is 0 Å². The quantitative estimate of drug-likeness (QED) is 0.152. The standard InChI is InChI=1S/C37H29ClN2O5/c1-19-11-12-22(17-28(19)38)39-18-21(16-30(39)41)37(44)45-23-13-14-29(20(2)15-23)40-35(42)33-31-24-7-3-4-8-25(24)32(34(33)36(40)43)27-10-6-5-9-26(27)31/h3-15,17,21,31-34H,16,18H2,1-2H3/t21-,31?,32?,33-,34+/m0/s1. The van der Waals surface area contributed by atoms with Crippen molar-refractivity contribution in [2.45, 2.75) is 32.1 Å². The van der Waals surface area contributed by atoms with Gasteiger partial charge in [0.25, 0.3) is 0 Å². The molecule has 0 N–H and O–H groups in total. The van der Waals surface area contributed by atoms with Gasteiger partial charge < -0.3 is 9.64 Å². The Bertz CT molecular complexity index is 1850. The minimum absolute atomic E-state index is 0.0358. The average Bonchev–Trinajstić information content (AvgIpc) is 3.56. The van der Waals surface area contributed by atoms with E-state index in [4.69, 9.17) is 16.3 Å². The highest BCUT2D eigenvalue weighted by Crippen LogP contribution is 2.61. The lowest BCUT2D eigenvalue weighted by Gasteiger charge is -2.45. The second kappa shape index (κ2) is 10.1. The van der Waals surface area contributed by atoms with Crippen molar-refractivity contribution in [2.75, 3.05) is 16.3 Å². The molecule has 0 radical (unpaired) electrons. The third-order valence-electron chi connectivity index (χ3n) is 10.0. The van der Waals surface area contributed by atoms with Crippen LogP contribution in [-0.4, -0.2) is 30.2 Å². The molecule has 3 aliphatic carbocycles. The zero-order valence-electron chi connectivity index (χ0n) is 24.7. The first-order valence-corrected chi connectivity index (χ1v) is 15.5. The van der Waals surface area contributed by atoms with Gasteiger partial charge in [-0.15, -0.1) is 0 Å². The van der Waals surface area contributed by atoms with Crippen molar-refractivity contribution in [3.8, 4) is 5.75 Å². The number of hydrogen-bond acceptors (Lipinski definition) is 5. The number of halogens is 1. The molecule has 4 aromatic carbocycles. The van der Waals surface area contributed by atoms with E-state index in [1.807, 2.05) is 43.3 Å². The van der Waals surface area contributed by atoms with Crippen molar-refractivity contribution in [1.29, 1.82) is 0 Å². The summed E-state index contributed by atoms with van der Waals surface area (Å²) in [6.45, 7) is 3.88. The van der Waals surface area contributed by atoms with Crippen LogP contribution < -0.4 is 14.5 Å². The molecule has 2 heterocycles. The Hall–Kier alpha value is -4.75. The highest BCUT2D eigenvalue weighted by atomic mass is 35.5. The smallest absolute Gasteiger partial charge is 0.316 e. The number of benzene rings is 4. The van der Waals surface area contributed by atoms with Gasteiger partial charge in [-0.3, -0.25) is 19.2 Å². The number of esters is 1.